The van der Waals surface area contributed by atoms with Crippen molar-refractivity contribution in [3.8, 4) is 5.75 Å². The maximum atomic E-state index is 13.8. The van der Waals surface area contributed by atoms with Crippen LogP contribution >= 0.6 is 11.6 Å². The van der Waals surface area contributed by atoms with Crippen LogP contribution in [0.1, 0.15) is 27.9 Å². The Hall–Kier alpha value is -2.92. The van der Waals surface area contributed by atoms with Crippen LogP contribution in [0.15, 0.2) is 18.7 Å². The predicted molar refractivity (Wildman–Crippen MR) is 133 cm³/mol. The smallest absolute Gasteiger partial charge is 0.235 e. The highest BCUT2D eigenvalue weighted by Gasteiger charge is 2.69. The van der Waals surface area contributed by atoms with Crippen LogP contribution in [0.3, 0.4) is 0 Å². The summed E-state index contributed by atoms with van der Waals surface area (Å²) in [7, 11) is 4.86. The lowest BCUT2D eigenvalue weighted by atomic mass is 9.52. The van der Waals surface area contributed by atoms with Gasteiger partial charge < -0.3 is 15.9 Å². The molecule has 0 saturated heterocycles. The van der Waals surface area contributed by atoms with Gasteiger partial charge in [-0.1, -0.05) is 17.7 Å². The Morgan fingerprint density at radius 3 is 2.46 bits per heavy atom. The highest BCUT2D eigenvalue weighted by Crippen LogP contribution is 2.51. The van der Waals surface area contributed by atoms with Gasteiger partial charge in [0, 0.05) is 29.6 Å². The van der Waals surface area contributed by atoms with Gasteiger partial charge >= 0.3 is 0 Å². The summed E-state index contributed by atoms with van der Waals surface area (Å²) in [5, 5.41) is 22.9. The number of hydrogen-bond acceptors (Lipinski definition) is 9. The summed E-state index contributed by atoms with van der Waals surface area (Å²) in [4.78, 5) is 69.3. The first-order chi connectivity index (χ1) is 17.3. The molecule has 4 rings (SSSR count). The van der Waals surface area contributed by atoms with E-state index in [-0.39, 0.29) is 35.7 Å². The summed E-state index contributed by atoms with van der Waals surface area (Å²) < 4.78 is 0. The van der Waals surface area contributed by atoms with Gasteiger partial charge in [0.2, 0.25) is 5.91 Å². The Kier molecular flexibility index (Phi) is 6.91. The number of carbonyl (C=O) groups is 5. The maximum Gasteiger partial charge on any atom is 0.235 e. The van der Waals surface area contributed by atoms with Crippen LogP contribution in [-0.2, 0) is 32.1 Å². The van der Waals surface area contributed by atoms with E-state index in [2.05, 4.69) is 6.58 Å². The molecular formula is C26H30ClN3O7. The minimum atomic E-state index is -2.75. The molecule has 10 nitrogen and oxygen atoms in total. The molecule has 0 heterocycles. The molecule has 0 spiro atoms. The lowest BCUT2D eigenvalue weighted by Crippen LogP contribution is -2.74. The molecule has 3 aliphatic carbocycles. The minimum Gasteiger partial charge on any atom is -0.507 e. The van der Waals surface area contributed by atoms with Gasteiger partial charge in [0.05, 0.1) is 17.5 Å². The van der Waals surface area contributed by atoms with Crippen LogP contribution < -0.4 is 5.73 Å². The highest BCUT2D eigenvalue weighted by molar-refractivity contribution is 6.34. The zero-order valence-electron chi connectivity index (χ0n) is 20.9. The van der Waals surface area contributed by atoms with E-state index in [0.717, 1.165) is 0 Å². The second-order valence-corrected chi connectivity index (χ2v) is 10.9. The van der Waals surface area contributed by atoms with Gasteiger partial charge in [-0.25, -0.2) is 0 Å². The fourth-order valence-electron chi connectivity index (χ4n) is 6.37. The van der Waals surface area contributed by atoms with E-state index in [1.165, 1.54) is 19.0 Å². The minimum absolute atomic E-state index is 0.0230. The van der Waals surface area contributed by atoms with Crippen LogP contribution in [0.5, 0.6) is 5.75 Å². The number of likely N-dealkylation sites (N-methyl/N-ethyl adjacent to an activating group) is 2. The summed E-state index contributed by atoms with van der Waals surface area (Å²) in [6, 6.07) is 0.436. The molecule has 37 heavy (non-hydrogen) atoms. The first kappa shape index (κ1) is 27.1. The van der Waals surface area contributed by atoms with Gasteiger partial charge in [-0.15, -0.1) is 6.58 Å². The van der Waals surface area contributed by atoms with Crippen molar-refractivity contribution in [3.63, 3.8) is 0 Å². The number of nitrogens with two attached hydrogens (primary N) is 1. The normalized spacial score (nSPS) is 31.3. The van der Waals surface area contributed by atoms with E-state index in [1.54, 1.807) is 19.2 Å². The van der Waals surface area contributed by atoms with Crippen molar-refractivity contribution in [1.82, 2.24) is 9.80 Å². The Bertz CT molecular complexity index is 1250. The number of nitrogens with zero attached hydrogens (tertiary/aromatic N) is 2. The Labute approximate surface area is 219 Å². The number of ketones is 4. The lowest BCUT2D eigenvalue weighted by Gasteiger charge is -2.52. The van der Waals surface area contributed by atoms with Gasteiger partial charge in [-0.05, 0) is 51.5 Å². The molecule has 1 aromatic rings. The number of phenolic OH excluding ortho intramolecular Hbond substituents is 1. The average molecular weight is 532 g/mol. The molecule has 0 aliphatic heterocycles. The van der Waals surface area contributed by atoms with E-state index < -0.39 is 64.4 Å². The first-order valence-corrected chi connectivity index (χ1v) is 12.3. The van der Waals surface area contributed by atoms with Gasteiger partial charge in [0.25, 0.3) is 0 Å². The zero-order chi connectivity index (χ0) is 27.6. The van der Waals surface area contributed by atoms with Crippen molar-refractivity contribution in [2.24, 2.45) is 29.4 Å². The number of phenols is 1. The molecule has 6 atom stereocenters. The van der Waals surface area contributed by atoms with Crippen LogP contribution in [0.4, 0.5) is 0 Å². The number of fused-ring (bicyclic) bond motifs is 3. The first-order valence-electron chi connectivity index (χ1n) is 11.9. The molecule has 2 fully saturated rings. The van der Waals surface area contributed by atoms with Crippen molar-refractivity contribution < 1.29 is 34.2 Å². The quantitative estimate of drug-likeness (QED) is 0.343. The summed E-state index contributed by atoms with van der Waals surface area (Å²) in [5.41, 5.74) is 3.22. The third-order valence-corrected chi connectivity index (χ3v) is 8.30. The third-order valence-electron chi connectivity index (χ3n) is 7.97. The van der Waals surface area contributed by atoms with Gasteiger partial charge in [-0.2, -0.15) is 0 Å². The Balaban J connectivity index is 1.83. The van der Waals surface area contributed by atoms with Crippen LogP contribution in [0.25, 0.3) is 0 Å². The molecule has 0 bridgehead atoms. The molecule has 198 valence electrons. The van der Waals surface area contributed by atoms with E-state index in [9.17, 15) is 34.2 Å². The van der Waals surface area contributed by atoms with E-state index in [0.29, 0.717) is 17.7 Å². The molecular weight excluding hydrogens is 502 g/mol. The Morgan fingerprint density at radius 2 is 1.89 bits per heavy atom. The zero-order valence-corrected chi connectivity index (χ0v) is 21.6. The van der Waals surface area contributed by atoms with Crippen LogP contribution in [0, 0.1) is 23.7 Å². The number of rotatable bonds is 6. The van der Waals surface area contributed by atoms with E-state index in [1.807, 2.05) is 4.90 Å². The van der Waals surface area contributed by atoms with Gasteiger partial charge in [0.15, 0.2) is 34.7 Å². The second kappa shape index (κ2) is 9.43. The van der Waals surface area contributed by atoms with Crippen LogP contribution in [-0.4, -0.2) is 88.4 Å². The Morgan fingerprint density at radius 1 is 1.24 bits per heavy atom. The largest absolute Gasteiger partial charge is 0.507 e. The number of amides is 1. The van der Waals surface area contributed by atoms with Crippen molar-refractivity contribution >= 4 is 40.6 Å². The molecule has 2 unspecified atom stereocenters. The third kappa shape index (κ3) is 3.94. The number of Topliss-reactive ketones (excluding diaryl/α,β-unsaturated/α-hetero) is 4. The number of primary amides is 1. The molecule has 2 saturated carbocycles. The SMILES string of the molecule is C=CCN(C)Cc1cc(Cl)c2c(c1O)C(=O)C1C(=O)[C@]3(O)C(=O)C(C(N)=O)C(=O)[C@@H](N(C)C)[C@@H]3C[C@@H]1C2. The standard InChI is InChI=1S/C26H30ClN3O7/c1-5-6-30(4)10-12-9-15(27)13-7-11-8-14-19(29(2)3)22(33)18(25(28)36)24(35)26(14,37)23(34)16(11)21(32)17(13)20(12)31/h5,9,11,14,16,18-19,31,37H,1,6-8,10H2,2-4H3,(H2,28,36)/t11-,14-,16?,18?,19-,26-/m0/s1. The van der Waals surface area contributed by atoms with Crippen molar-refractivity contribution in [3.05, 3.63) is 40.4 Å². The lowest BCUT2D eigenvalue weighted by molar-refractivity contribution is -0.181. The topological polar surface area (TPSA) is 158 Å². The number of aromatic hydroxyl groups is 1. The summed E-state index contributed by atoms with van der Waals surface area (Å²) in [6.45, 7) is 4.43. The van der Waals surface area contributed by atoms with Gasteiger partial charge in [-0.3, -0.25) is 33.8 Å². The monoisotopic (exact) mass is 531 g/mol. The molecule has 4 N–H and O–H groups in total. The predicted octanol–water partition coefficient (Wildman–Crippen LogP) is 0.138. The molecule has 0 radical (unpaired) electrons. The summed E-state index contributed by atoms with van der Waals surface area (Å²) >= 11 is 6.55. The molecule has 3 aliphatic rings. The fourth-order valence-corrected chi connectivity index (χ4v) is 6.68. The summed E-state index contributed by atoms with van der Waals surface area (Å²) in [6.07, 6.45) is 1.78. The van der Waals surface area contributed by atoms with Crippen molar-refractivity contribution in [2.75, 3.05) is 27.7 Å². The van der Waals surface area contributed by atoms with Crippen molar-refractivity contribution in [2.45, 2.75) is 31.0 Å². The molecule has 11 heteroatoms. The fraction of sp³-hybridized carbons (Fsp3) is 0.500. The summed E-state index contributed by atoms with van der Waals surface area (Å²) in [5.74, 6) is -10.8. The van der Waals surface area contributed by atoms with E-state index >= 15 is 0 Å². The number of benzene rings is 1. The number of carbonyl (C=O) groups excluding carboxylic acids is 5. The molecule has 0 aromatic heterocycles. The van der Waals surface area contributed by atoms with Gasteiger partial charge in [0.1, 0.15) is 5.75 Å². The number of hydrogen-bond donors (Lipinski definition) is 3. The number of aliphatic hydroxyl groups is 1. The maximum absolute atomic E-state index is 13.8. The molecule has 1 aromatic carbocycles. The highest BCUT2D eigenvalue weighted by atomic mass is 35.5. The van der Waals surface area contributed by atoms with Crippen molar-refractivity contribution in [1.29, 1.82) is 0 Å². The average Bonchev–Trinajstić information content (AvgIpc) is 2.79. The van der Waals surface area contributed by atoms with E-state index in [4.69, 9.17) is 17.3 Å². The van der Waals surface area contributed by atoms with Crippen LogP contribution in [0.2, 0.25) is 5.02 Å². The number of halogens is 1. The molecule has 1 amide bonds. The second-order valence-electron chi connectivity index (χ2n) is 10.5.